The van der Waals surface area contributed by atoms with E-state index in [1.165, 1.54) is 23.1 Å². The Kier molecular flexibility index (Phi) is 8.05. The Balaban J connectivity index is 1.46. The third-order valence-corrected chi connectivity index (χ3v) is 7.03. The Morgan fingerprint density at radius 3 is 2.08 bits per heavy atom. The van der Waals surface area contributed by atoms with Gasteiger partial charge in [0, 0.05) is 54.8 Å². The Morgan fingerprint density at radius 1 is 0.892 bits per heavy atom. The molecule has 1 fully saturated rings. The number of hydrogen-bond donors (Lipinski definition) is 0. The summed E-state index contributed by atoms with van der Waals surface area (Å²) < 4.78 is 78.5. The summed E-state index contributed by atoms with van der Waals surface area (Å²) >= 11 is 12.1. The second-order valence-corrected chi connectivity index (χ2v) is 10.4. The fourth-order valence-electron chi connectivity index (χ4n) is 4.78. The number of aryl methyl sites for hydroxylation is 1. The summed E-state index contributed by atoms with van der Waals surface area (Å²) in [4.78, 5) is 8.95. The number of piperazine rings is 1. The third kappa shape index (κ3) is 7.31. The molecule has 4 nitrogen and oxygen atoms in total. The summed E-state index contributed by atoms with van der Waals surface area (Å²) in [6.07, 6.45) is -10.1. The molecule has 2 heterocycles. The van der Waals surface area contributed by atoms with Gasteiger partial charge in [0.15, 0.2) is 5.60 Å². The fourth-order valence-corrected chi connectivity index (χ4v) is 5.30. The van der Waals surface area contributed by atoms with Crippen LogP contribution in [0.25, 0.3) is 0 Å². The van der Waals surface area contributed by atoms with E-state index in [2.05, 4.69) is 10.1 Å². The van der Waals surface area contributed by atoms with Crippen LogP contribution in [0.5, 0.6) is 0 Å². The van der Waals surface area contributed by atoms with Crippen LogP contribution in [0.4, 0.5) is 26.3 Å². The Labute approximate surface area is 220 Å². The lowest BCUT2D eigenvalue weighted by Crippen LogP contribution is -2.48. The van der Waals surface area contributed by atoms with E-state index in [-0.39, 0.29) is 22.0 Å². The molecular weight excluding hydrogens is 543 g/mol. The van der Waals surface area contributed by atoms with Gasteiger partial charge in [0.05, 0.1) is 18.7 Å². The van der Waals surface area contributed by atoms with Crippen molar-refractivity contribution in [2.24, 2.45) is 5.16 Å². The van der Waals surface area contributed by atoms with Crippen LogP contribution in [0.3, 0.4) is 0 Å². The molecule has 12 heteroatoms. The topological polar surface area (TPSA) is 28.1 Å². The molecule has 2 aliphatic heterocycles. The number of benzene rings is 2. The summed E-state index contributed by atoms with van der Waals surface area (Å²) in [7, 11) is 0. The maximum absolute atomic E-state index is 13.6. The normalized spacial score (nSPS) is 21.7. The smallest absolute Gasteiger partial charge is 0.383 e. The van der Waals surface area contributed by atoms with Crippen molar-refractivity contribution >= 4 is 28.9 Å². The predicted octanol–water partition coefficient (Wildman–Crippen LogP) is 6.95. The van der Waals surface area contributed by atoms with Crippen LogP contribution in [0, 0.1) is 6.92 Å². The van der Waals surface area contributed by atoms with E-state index in [9.17, 15) is 26.3 Å². The van der Waals surface area contributed by atoms with Crippen molar-refractivity contribution in [1.82, 2.24) is 9.80 Å². The minimum absolute atomic E-state index is 0.122. The molecule has 37 heavy (non-hydrogen) atoms. The van der Waals surface area contributed by atoms with Crippen molar-refractivity contribution in [1.29, 1.82) is 0 Å². The van der Waals surface area contributed by atoms with E-state index in [0.29, 0.717) is 44.0 Å². The molecule has 0 bridgehead atoms. The van der Waals surface area contributed by atoms with Crippen molar-refractivity contribution in [3.05, 3.63) is 68.7 Å². The van der Waals surface area contributed by atoms with Gasteiger partial charge < -0.3 is 4.84 Å². The number of alkyl halides is 6. The van der Waals surface area contributed by atoms with E-state index >= 15 is 0 Å². The van der Waals surface area contributed by atoms with Gasteiger partial charge in [0.1, 0.15) is 0 Å². The summed E-state index contributed by atoms with van der Waals surface area (Å²) in [5.41, 5.74) is 1.29. The van der Waals surface area contributed by atoms with Gasteiger partial charge in [-0.05, 0) is 47.9 Å². The van der Waals surface area contributed by atoms with Gasteiger partial charge in [0.2, 0.25) is 0 Å². The average molecular weight is 568 g/mol. The van der Waals surface area contributed by atoms with E-state index in [0.717, 1.165) is 11.1 Å². The number of oxime groups is 1. The van der Waals surface area contributed by atoms with E-state index in [1.54, 1.807) is 6.07 Å². The minimum atomic E-state index is -4.52. The minimum Gasteiger partial charge on any atom is -0.383 e. The van der Waals surface area contributed by atoms with Crippen molar-refractivity contribution < 1.29 is 31.2 Å². The van der Waals surface area contributed by atoms with Gasteiger partial charge in [-0.2, -0.15) is 26.3 Å². The number of halogens is 8. The first-order valence-electron chi connectivity index (χ1n) is 11.6. The van der Waals surface area contributed by atoms with Crippen molar-refractivity contribution in [3.63, 3.8) is 0 Å². The summed E-state index contributed by atoms with van der Waals surface area (Å²) in [6, 6.07) is 9.73. The highest BCUT2D eigenvalue weighted by Crippen LogP contribution is 2.46. The van der Waals surface area contributed by atoms with Crippen LogP contribution >= 0.6 is 23.2 Å². The maximum atomic E-state index is 13.6. The van der Waals surface area contributed by atoms with Crippen LogP contribution in [0.1, 0.15) is 35.1 Å². The van der Waals surface area contributed by atoms with Gasteiger partial charge in [-0.15, -0.1) is 0 Å². The number of nitrogens with zero attached hydrogens (tertiary/aromatic N) is 3. The summed E-state index contributed by atoms with van der Waals surface area (Å²) in [5.74, 6) is 0. The molecule has 0 aromatic heterocycles. The molecule has 1 unspecified atom stereocenters. The molecule has 2 aliphatic rings. The first-order valence-corrected chi connectivity index (χ1v) is 12.4. The molecule has 0 aliphatic carbocycles. The van der Waals surface area contributed by atoms with Crippen molar-refractivity contribution in [2.75, 3.05) is 32.7 Å². The highest BCUT2D eigenvalue weighted by molar-refractivity contribution is 6.34. The second kappa shape index (κ2) is 10.6. The van der Waals surface area contributed by atoms with E-state index in [1.807, 2.05) is 19.1 Å². The van der Waals surface area contributed by atoms with Crippen molar-refractivity contribution in [2.45, 2.75) is 44.3 Å². The molecule has 0 radical (unpaired) electrons. The van der Waals surface area contributed by atoms with Gasteiger partial charge in [-0.1, -0.05) is 40.5 Å². The van der Waals surface area contributed by atoms with Crippen LogP contribution in [0.15, 0.2) is 41.6 Å². The Bertz CT molecular complexity index is 1140. The standard InChI is InChI=1S/C25H25Cl2F6N3O/c1-16-8-17(2-3-18(16)13-35-4-6-36(7-5-35)15-25(31,32)33)22-12-23(37-34-22,14-24(28,29)30)19-9-20(26)11-21(27)10-19/h2-3,8-11H,4-7,12-15H2,1H3. The van der Waals surface area contributed by atoms with E-state index < -0.39 is 30.9 Å². The second-order valence-electron chi connectivity index (χ2n) is 9.56. The molecular formula is C25H25Cl2F6N3O. The van der Waals surface area contributed by atoms with Crippen LogP contribution < -0.4 is 0 Å². The molecule has 0 saturated carbocycles. The molecule has 1 atom stereocenters. The van der Waals surface area contributed by atoms with Gasteiger partial charge >= 0.3 is 12.4 Å². The summed E-state index contributed by atoms with van der Waals surface area (Å²) in [6.45, 7) is 3.23. The SMILES string of the molecule is Cc1cc(C2=NOC(CC(F)(F)F)(c3cc(Cl)cc(Cl)c3)C2)ccc1CN1CCN(CC(F)(F)F)CC1. The molecule has 4 rings (SSSR count). The lowest BCUT2D eigenvalue weighted by molar-refractivity contribution is -0.186. The van der Waals surface area contributed by atoms with Gasteiger partial charge in [-0.25, -0.2) is 0 Å². The first-order chi connectivity index (χ1) is 17.2. The summed E-state index contributed by atoms with van der Waals surface area (Å²) in [5, 5.41) is 4.42. The van der Waals surface area contributed by atoms with Crippen molar-refractivity contribution in [3.8, 4) is 0 Å². The molecule has 0 spiro atoms. The molecule has 202 valence electrons. The fraction of sp³-hybridized carbons (Fsp3) is 0.480. The van der Waals surface area contributed by atoms with Crippen LogP contribution in [0.2, 0.25) is 10.0 Å². The lowest BCUT2D eigenvalue weighted by atomic mass is 9.84. The zero-order valence-electron chi connectivity index (χ0n) is 19.9. The highest BCUT2D eigenvalue weighted by atomic mass is 35.5. The quantitative estimate of drug-likeness (QED) is 0.353. The van der Waals surface area contributed by atoms with Gasteiger partial charge in [-0.3, -0.25) is 9.80 Å². The lowest BCUT2D eigenvalue weighted by Gasteiger charge is -2.35. The first kappa shape index (κ1) is 28.0. The van der Waals surface area contributed by atoms with Crippen LogP contribution in [-0.2, 0) is 17.0 Å². The largest absolute Gasteiger partial charge is 0.401 e. The van der Waals surface area contributed by atoms with E-state index in [4.69, 9.17) is 28.0 Å². The molecule has 0 amide bonds. The molecule has 2 aromatic rings. The average Bonchev–Trinajstić information content (AvgIpc) is 3.18. The number of rotatable bonds is 6. The van der Waals surface area contributed by atoms with Crippen LogP contribution in [-0.4, -0.2) is 60.6 Å². The molecule has 1 saturated heterocycles. The predicted molar refractivity (Wildman–Crippen MR) is 130 cm³/mol. The monoisotopic (exact) mass is 567 g/mol. The molecule has 0 N–H and O–H groups in total. The molecule has 2 aromatic carbocycles. The number of hydrogen-bond acceptors (Lipinski definition) is 4. The maximum Gasteiger partial charge on any atom is 0.401 e. The highest BCUT2D eigenvalue weighted by Gasteiger charge is 2.50. The zero-order valence-corrected chi connectivity index (χ0v) is 21.4. The Hall–Kier alpha value is -2.01. The van der Waals surface area contributed by atoms with Gasteiger partial charge in [0.25, 0.3) is 0 Å². The third-order valence-electron chi connectivity index (χ3n) is 6.60. The Morgan fingerprint density at radius 2 is 1.51 bits per heavy atom. The zero-order chi connectivity index (χ0) is 27.0.